The molecule has 0 radical (unpaired) electrons. The van der Waals surface area contributed by atoms with Gasteiger partial charge in [0, 0.05) is 16.3 Å². The number of hydrogen-bond acceptors (Lipinski definition) is 0. The maximum Gasteiger partial charge on any atom is 0.0677 e. The van der Waals surface area contributed by atoms with Gasteiger partial charge in [0.25, 0.3) is 0 Å². The first-order valence-corrected chi connectivity index (χ1v) is 19.1. The van der Waals surface area contributed by atoms with Crippen LogP contribution in [0.2, 0.25) is 0 Å². The van der Waals surface area contributed by atoms with Crippen LogP contribution >= 0.6 is 0 Å². The molecule has 0 bridgehead atoms. The second-order valence-corrected chi connectivity index (χ2v) is 15.1. The highest BCUT2D eigenvalue weighted by atomic mass is 15.0. The fourth-order valence-electron chi connectivity index (χ4n) is 9.90. The summed E-state index contributed by atoms with van der Waals surface area (Å²) in [6, 6.07) is 50.7. The van der Waals surface area contributed by atoms with E-state index in [1.165, 1.54) is 109 Å². The second kappa shape index (κ2) is 12.2. The van der Waals surface area contributed by atoms with Crippen LogP contribution in [0.4, 0.5) is 0 Å². The van der Waals surface area contributed by atoms with Crippen molar-refractivity contribution in [3.8, 4) is 27.9 Å². The summed E-state index contributed by atoms with van der Waals surface area (Å²) in [5.74, 6) is 0. The molecule has 1 unspecified atom stereocenters. The van der Waals surface area contributed by atoms with Gasteiger partial charge in [-0.1, -0.05) is 133 Å². The van der Waals surface area contributed by atoms with Crippen LogP contribution in [0.15, 0.2) is 163 Å². The molecule has 1 atom stereocenters. The van der Waals surface area contributed by atoms with Crippen LogP contribution in [-0.2, 0) is 5.41 Å². The standard InChI is InChI=1S/C51H43N/c1-34-16-9-10-21-40(34)43-32-36(29-28-35(43)2)37-30-31-48-44(33-37)41-22-12-14-26-47(41)52(48)49-27-15-25-46-50(49)42-23-11-13-24-45(42)51(46,38-17-5-3-6-18-38)39-19-7-4-8-20-39/h3-7,11-15,17-19,22-33H,8-10,16,20-21H2,1-2H3. The van der Waals surface area contributed by atoms with Crippen LogP contribution in [-0.4, -0.2) is 4.57 Å². The summed E-state index contributed by atoms with van der Waals surface area (Å²) in [6.45, 7) is 4.61. The largest absolute Gasteiger partial charge is 0.309 e. The number of fused-ring (bicyclic) bond motifs is 6. The fraction of sp³-hybridized carbons (Fsp3) is 0.176. The summed E-state index contributed by atoms with van der Waals surface area (Å²) in [5, 5.41) is 2.58. The van der Waals surface area contributed by atoms with E-state index in [4.69, 9.17) is 0 Å². The molecular weight excluding hydrogens is 627 g/mol. The lowest BCUT2D eigenvalue weighted by Crippen LogP contribution is -2.30. The van der Waals surface area contributed by atoms with Crippen LogP contribution in [0.3, 0.4) is 0 Å². The lowest BCUT2D eigenvalue weighted by molar-refractivity contribution is 0.692. The van der Waals surface area contributed by atoms with E-state index in [-0.39, 0.29) is 5.41 Å². The maximum absolute atomic E-state index is 2.54. The molecule has 1 nitrogen and oxygen atoms in total. The van der Waals surface area contributed by atoms with Crippen molar-refractivity contribution in [3.63, 3.8) is 0 Å². The van der Waals surface area contributed by atoms with Gasteiger partial charge in [-0.25, -0.2) is 0 Å². The van der Waals surface area contributed by atoms with E-state index in [1.807, 2.05) is 0 Å². The van der Waals surface area contributed by atoms with Crippen molar-refractivity contribution in [3.05, 3.63) is 191 Å². The summed E-state index contributed by atoms with van der Waals surface area (Å²) < 4.78 is 2.54. The van der Waals surface area contributed by atoms with E-state index in [0.29, 0.717) is 0 Å². The predicted molar refractivity (Wildman–Crippen MR) is 220 cm³/mol. The quantitative estimate of drug-likeness (QED) is 0.172. The Kier molecular flexibility index (Phi) is 7.32. The highest BCUT2D eigenvalue weighted by Gasteiger charge is 2.48. The van der Waals surface area contributed by atoms with Crippen molar-refractivity contribution in [2.24, 2.45) is 0 Å². The van der Waals surface area contributed by atoms with Crippen molar-refractivity contribution in [1.29, 1.82) is 0 Å². The molecule has 0 fully saturated rings. The zero-order valence-electron chi connectivity index (χ0n) is 30.1. The number of nitrogens with zero attached hydrogens (tertiary/aromatic N) is 1. The molecular formula is C51H43N. The number of benzene rings is 6. The summed E-state index contributed by atoms with van der Waals surface area (Å²) in [6.07, 6.45) is 14.1. The van der Waals surface area contributed by atoms with E-state index in [9.17, 15) is 0 Å². The summed E-state index contributed by atoms with van der Waals surface area (Å²) in [5.41, 5.74) is 20.1. The molecule has 1 heterocycles. The van der Waals surface area contributed by atoms with E-state index < -0.39 is 0 Å². The molecule has 0 N–H and O–H groups in total. The Balaban J connectivity index is 1.22. The Morgan fingerprint density at radius 3 is 2.19 bits per heavy atom. The predicted octanol–water partition coefficient (Wildman–Crippen LogP) is 13.7. The van der Waals surface area contributed by atoms with Gasteiger partial charge in [0.1, 0.15) is 0 Å². The molecule has 0 saturated heterocycles. The topological polar surface area (TPSA) is 4.93 Å². The Morgan fingerprint density at radius 1 is 0.577 bits per heavy atom. The minimum absolute atomic E-state index is 0.352. The van der Waals surface area contributed by atoms with E-state index in [1.54, 1.807) is 11.1 Å². The van der Waals surface area contributed by atoms with Crippen LogP contribution in [0, 0.1) is 6.92 Å². The first-order chi connectivity index (χ1) is 25.6. The zero-order chi connectivity index (χ0) is 34.8. The summed E-state index contributed by atoms with van der Waals surface area (Å²) in [7, 11) is 0. The van der Waals surface area contributed by atoms with E-state index >= 15 is 0 Å². The van der Waals surface area contributed by atoms with E-state index in [2.05, 4.69) is 170 Å². The molecule has 1 heteroatoms. The Labute approximate surface area is 307 Å². The molecule has 3 aliphatic carbocycles. The maximum atomic E-state index is 2.54. The van der Waals surface area contributed by atoms with Crippen molar-refractivity contribution in [1.82, 2.24) is 4.57 Å². The smallest absolute Gasteiger partial charge is 0.0677 e. The van der Waals surface area contributed by atoms with Crippen molar-refractivity contribution in [2.45, 2.75) is 57.8 Å². The number of allylic oxidation sites excluding steroid dienone is 6. The Bertz CT molecular complexity index is 2640. The van der Waals surface area contributed by atoms with Crippen LogP contribution in [0.5, 0.6) is 0 Å². The molecule has 252 valence electrons. The highest BCUT2D eigenvalue weighted by Crippen LogP contribution is 2.59. The minimum atomic E-state index is -0.352. The SMILES string of the molecule is CC1=C(c2cc(-c3ccc4c(c3)c3ccccc3n4-c3cccc4c3-c3ccccc3C4(C3=CC=CCC3)c3ccccc3)ccc2C)CCCC1. The summed E-state index contributed by atoms with van der Waals surface area (Å²) >= 11 is 0. The van der Waals surface area contributed by atoms with Crippen molar-refractivity contribution in [2.75, 3.05) is 0 Å². The van der Waals surface area contributed by atoms with Crippen molar-refractivity contribution < 1.29 is 0 Å². The van der Waals surface area contributed by atoms with Gasteiger partial charge in [-0.2, -0.15) is 0 Å². The average molecular weight is 670 g/mol. The fourth-order valence-corrected chi connectivity index (χ4v) is 9.90. The number of aryl methyl sites for hydroxylation is 1. The molecule has 0 saturated carbocycles. The molecule has 0 spiro atoms. The molecule has 6 aromatic carbocycles. The van der Waals surface area contributed by atoms with Gasteiger partial charge >= 0.3 is 0 Å². The number of aromatic nitrogens is 1. The van der Waals surface area contributed by atoms with Gasteiger partial charge in [-0.05, 0) is 133 Å². The van der Waals surface area contributed by atoms with Gasteiger partial charge in [0.2, 0.25) is 0 Å². The van der Waals surface area contributed by atoms with Gasteiger partial charge in [-0.15, -0.1) is 0 Å². The van der Waals surface area contributed by atoms with Gasteiger partial charge < -0.3 is 4.57 Å². The number of hydrogen-bond donors (Lipinski definition) is 0. The molecule has 0 aliphatic heterocycles. The van der Waals surface area contributed by atoms with Gasteiger partial charge in [0.05, 0.1) is 22.1 Å². The third kappa shape index (κ3) is 4.55. The van der Waals surface area contributed by atoms with Crippen LogP contribution in [0.25, 0.3) is 55.3 Å². The van der Waals surface area contributed by atoms with Crippen LogP contribution in [0.1, 0.15) is 73.3 Å². The zero-order valence-corrected chi connectivity index (χ0v) is 30.1. The Hall–Kier alpha value is -5.66. The molecule has 0 amide bonds. The number of rotatable bonds is 5. The van der Waals surface area contributed by atoms with Gasteiger partial charge in [0.15, 0.2) is 0 Å². The number of para-hydroxylation sites is 1. The molecule has 3 aliphatic rings. The molecule has 1 aromatic heterocycles. The first-order valence-electron chi connectivity index (χ1n) is 19.1. The third-order valence-electron chi connectivity index (χ3n) is 12.3. The first kappa shape index (κ1) is 31.1. The third-order valence-corrected chi connectivity index (χ3v) is 12.3. The summed E-state index contributed by atoms with van der Waals surface area (Å²) in [4.78, 5) is 0. The van der Waals surface area contributed by atoms with E-state index in [0.717, 1.165) is 12.8 Å². The van der Waals surface area contributed by atoms with Gasteiger partial charge in [-0.3, -0.25) is 0 Å². The Morgan fingerprint density at radius 2 is 1.33 bits per heavy atom. The molecule has 52 heavy (non-hydrogen) atoms. The molecule has 10 rings (SSSR count). The minimum Gasteiger partial charge on any atom is -0.309 e. The van der Waals surface area contributed by atoms with Crippen molar-refractivity contribution >= 4 is 27.4 Å². The monoisotopic (exact) mass is 669 g/mol. The molecule has 7 aromatic rings. The lowest BCUT2D eigenvalue weighted by atomic mass is 9.65. The van der Waals surface area contributed by atoms with Crippen LogP contribution < -0.4 is 0 Å². The normalized spacial score (nSPS) is 18.2. The highest BCUT2D eigenvalue weighted by molar-refractivity contribution is 6.11. The average Bonchev–Trinajstić information content (AvgIpc) is 3.70. The lowest BCUT2D eigenvalue weighted by Gasteiger charge is -2.36. The second-order valence-electron chi connectivity index (χ2n) is 15.1.